The number of thioether (sulfide) groups is 1. The third-order valence-electron chi connectivity index (χ3n) is 2.07. The molecule has 0 bridgehead atoms. The topological polar surface area (TPSA) is 59.2 Å². The summed E-state index contributed by atoms with van der Waals surface area (Å²) in [5.74, 6) is -0.323. The number of hydrogen-bond acceptors (Lipinski definition) is 4. The van der Waals surface area contributed by atoms with Gasteiger partial charge < -0.3 is 10.6 Å². The first kappa shape index (κ1) is 10.0. The van der Waals surface area contributed by atoms with E-state index in [1.54, 1.807) is 24.2 Å². The Balaban J connectivity index is 2.13. The molecule has 2 heterocycles. The van der Waals surface area contributed by atoms with Crippen LogP contribution in [0.25, 0.3) is 0 Å². The number of aromatic nitrogens is 1. The zero-order valence-corrected chi connectivity index (χ0v) is 8.85. The highest BCUT2D eigenvalue weighted by atomic mass is 32.2. The molecule has 15 heavy (non-hydrogen) atoms. The van der Waals surface area contributed by atoms with Crippen LogP contribution in [0.5, 0.6) is 0 Å². The number of hydrogen-bond donors (Lipinski definition) is 1. The van der Waals surface area contributed by atoms with Gasteiger partial charge in [-0.3, -0.25) is 9.78 Å². The number of pyridine rings is 1. The molecule has 1 unspecified atom stereocenters. The predicted molar refractivity (Wildman–Crippen MR) is 59.6 cm³/mol. The highest BCUT2D eigenvalue weighted by Gasteiger charge is 2.22. The molecule has 1 aromatic rings. The van der Waals surface area contributed by atoms with Crippen LogP contribution in [0.15, 0.2) is 36.1 Å². The molecule has 1 atom stereocenters. The van der Waals surface area contributed by atoms with E-state index >= 15 is 0 Å². The Labute approximate surface area is 92.2 Å². The molecule has 2 N–H and O–H groups in total. The second-order valence-electron chi connectivity index (χ2n) is 3.20. The smallest absolute Gasteiger partial charge is 0.236 e. The first-order valence-corrected chi connectivity index (χ1v) is 5.48. The fourth-order valence-corrected chi connectivity index (χ4v) is 2.42. The largest absolute Gasteiger partial charge is 0.368 e. The van der Waals surface area contributed by atoms with Crippen LogP contribution in [0.3, 0.4) is 0 Å². The Morgan fingerprint density at radius 2 is 2.53 bits per heavy atom. The SMILES string of the molecule is NC(=O)CN1C=CSC1c1cccnc1. The lowest BCUT2D eigenvalue weighted by molar-refractivity contribution is -0.118. The number of amides is 1. The average Bonchev–Trinajstić information content (AvgIpc) is 2.66. The van der Waals surface area contributed by atoms with Crippen LogP contribution in [0.2, 0.25) is 0 Å². The molecule has 4 nitrogen and oxygen atoms in total. The molecule has 0 radical (unpaired) electrons. The molecule has 5 heteroatoms. The molecule has 1 amide bonds. The highest BCUT2D eigenvalue weighted by Crippen LogP contribution is 2.37. The van der Waals surface area contributed by atoms with E-state index in [9.17, 15) is 4.79 Å². The molecule has 0 aliphatic carbocycles. The van der Waals surface area contributed by atoms with Gasteiger partial charge in [-0.2, -0.15) is 0 Å². The van der Waals surface area contributed by atoms with Crippen molar-refractivity contribution in [1.82, 2.24) is 9.88 Å². The number of carbonyl (C=O) groups is 1. The monoisotopic (exact) mass is 221 g/mol. The Bertz CT molecular complexity index is 380. The van der Waals surface area contributed by atoms with E-state index in [1.165, 1.54) is 0 Å². The fraction of sp³-hybridized carbons (Fsp3) is 0.200. The lowest BCUT2D eigenvalue weighted by Crippen LogP contribution is -2.30. The molecule has 78 valence electrons. The minimum absolute atomic E-state index is 0.117. The van der Waals surface area contributed by atoms with Crippen molar-refractivity contribution in [2.75, 3.05) is 6.54 Å². The van der Waals surface area contributed by atoms with Crippen LogP contribution < -0.4 is 5.73 Å². The molecular weight excluding hydrogens is 210 g/mol. The summed E-state index contributed by atoms with van der Waals surface area (Å²) in [5.41, 5.74) is 6.25. The van der Waals surface area contributed by atoms with Gasteiger partial charge in [-0.15, -0.1) is 11.8 Å². The molecular formula is C10H11N3OS. The van der Waals surface area contributed by atoms with Crippen molar-refractivity contribution in [3.8, 4) is 0 Å². The molecule has 1 aliphatic rings. The van der Waals surface area contributed by atoms with Gasteiger partial charge in [0.25, 0.3) is 0 Å². The minimum Gasteiger partial charge on any atom is -0.368 e. The Morgan fingerprint density at radius 1 is 1.67 bits per heavy atom. The third kappa shape index (κ3) is 2.30. The molecule has 1 aromatic heterocycles. The summed E-state index contributed by atoms with van der Waals surface area (Å²) in [6, 6.07) is 3.88. The summed E-state index contributed by atoms with van der Waals surface area (Å²) in [7, 11) is 0. The van der Waals surface area contributed by atoms with Gasteiger partial charge >= 0.3 is 0 Å². The zero-order chi connectivity index (χ0) is 10.7. The van der Waals surface area contributed by atoms with Gasteiger partial charge in [0, 0.05) is 24.2 Å². The Morgan fingerprint density at radius 3 is 3.20 bits per heavy atom. The second kappa shape index (κ2) is 4.35. The van der Waals surface area contributed by atoms with E-state index in [2.05, 4.69) is 4.98 Å². The molecule has 1 aliphatic heterocycles. The lowest BCUT2D eigenvalue weighted by Gasteiger charge is -2.23. The number of nitrogens with zero attached hydrogens (tertiary/aromatic N) is 2. The van der Waals surface area contributed by atoms with Gasteiger partial charge in [0.1, 0.15) is 5.37 Å². The van der Waals surface area contributed by atoms with Crippen molar-refractivity contribution in [2.24, 2.45) is 5.73 Å². The van der Waals surface area contributed by atoms with Crippen LogP contribution in [0.1, 0.15) is 10.9 Å². The fourth-order valence-electron chi connectivity index (χ4n) is 1.45. The van der Waals surface area contributed by atoms with Gasteiger partial charge in [0.15, 0.2) is 0 Å². The minimum atomic E-state index is -0.323. The second-order valence-corrected chi connectivity index (χ2v) is 4.19. The summed E-state index contributed by atoms with van der Waals surface area (Å²) in [5, 5.41) is 2.08. The maximum absolute atomic E-state index is 10.9. The van der Waals surface area contributed by atoms with Crippen LogP contribution in [-0.4, -0.2) is 22.3 Å². The summed E-state index contributed by atoms with van der Waals surface area (Å²) < 4.78 is 0. The van der Waals surface area contributed by atoms with Crippen molar-refractivity contribution < 1.29 is 4.79 Å². The summed E-state index contributed by atoms with van der Waals surface area (Å²) in [4.78, 5) is 16.8. The van der Waals surface area contributed by atoms with Crippen LogP contribution in [0, 0.1) is 0 Å². The number of nitrogens with two attached hydrogens (primary N) is 1. The molecule has 0 saturated heterocycles. The molecule has 0 saturated carbocycles. The van der Waals surface area contributed by atoms with Crippen molar-refractivity contribution >= 4 is 17.7 Å². The number of carbonyl (C=O) groups excluding carboxylic acids is 1. The van der Waals surface area contributed by atoms with Crippen molar-refractivity contribution in [1.29, 1.82) is 0 Å². The first-order chi connectivity index (χ1) is 7.27. The summed E-state index contributed by atoms with van der Waals surface area (Å²) in [6.45, 7) is 0.239. The molecule has 0 fully saturated rings. The van der Waals surface area contributed by atoms with E-state index < -0.39 is 0 Å². The van der Waals surface area contributed by atoms with Gasteiger partial charge in [0.2, 0.25) is 5.91 Å². The molecule has 0 spiro atoms. The quantitative estimate of drug-likeness (QED) is 0.830. The van der Waals surface area contributed by atoms with E-state index in [4.69, 9.17) is 5.73 Å². The number of primary amides is 1. The van der Waals surface area contributed by atoms with E-state index in [-0.39, 0.29) is 17.8 Å². The van der Waals surface area contributed by atoms with Crippen molar-refractivity contribution in [3.63, 3.8) is 0 Å². The molecule has 2 rings (SSSR count). The lowest BCUT2D eigenvalue weighted by atomic mass is 10.2. The van der Waals surface area contributed by atoms with Crippen LogP contribution >= 0.6 is 11.8 Å². The van der Waals surface area contributed by atoms with E-state index in [0.29, 0.717) is 0 Å². The average molecular weight is 221 g/mol. The van der Waals surface area contributed by atoms with Gasteiger partial charge in [0.05, 0.1) is 6.54 Å². The Kier molecular flexibility index (Phi) is 2.91. The van der Waals surface area contributed by atoms with Crippen LogP contribution in [-0.2, 0) is 4.79 Å². The first-order valence-electron chi connectivity index (χ1n) is 4.53. The van der Waals surface area contributed by atoms with Crippen molar-refractivity contribution in [3.05, 3.63) is 41.7 Å². The maximum atomic E-state index is 10.9. The summed E-state index contributed by atoms with van der Waals surface area (Å²) in [6.07, 6.45) is 5.42. The zero-order valence-electron chi connectivity index (χ0n) is 8.04. The van der Waals surface area contributed by atoms with Gasteiger partial charge in [-0.25, -0.2) is 0 Å². The standard InChI is InChI=1S/C10H11N3OS/c11-9(14)7-13-4-5-15-10(13)8-2-1-3-12-6-8/h1-6,10H,7H2,(H2,11,14). The third-order valence-corrected chi connectivity index (χ3v) is 3.15. The number of rotatable bonds is 3. The van der Waals surface area contributed by atoms with Crippen molar-refractivity contribution in [2.45, 2.75) is 5.37 Å². The predicted octanol–water partition coefficient (Wildman–Crippen LogP) is 1.09. The highest BCUT2D eigenvalue weighted by molar-refractivity contribution is 8.02. The molecule has 0 aromatic carbocycles. The normalized spacial score (nSPS) is 19.5. The van der Waals surface area contributed by atoms with E-state index in [1.807, 2.05) is 28.6 Å². The Hall–Kier alpha value is -1.49. The van der Waals surface area contributed by atoms with E-state index in [0.717, 1.165) is 5.56 Å². The maximum Gasteiger partial charge on any atom is 0.236 e. The summed E-state index contributed by atoms with van der Waals surface area (Å²) >= 11 is 1.64. The van der Waals surface area contributed by atoms with Crippen LogP contribution in [0.4, 0.5) is 0 Å². The van der Waals surface area contributed by atoms with Gasteiger partial charge in [-0.1, -0.05) is 6.07 Å². The van der Waals surface area contributed by atoms with Gasteiger partial charge in [-0.05, 0) is 11.5 Å².